The number of carboxylic acid groups (broad SMARTS) is 1. The summed E-state index contributed by atoms with van der Waals surface area (Å²) in [6.07, 6.45) is 0. The molecular weight excluding hydrogens is 311 g/mol. The number of carbonyl (C=O) groups is 1. The van der Waals surface area contributed by atoms with Crippen molar-refractivity contribution >= 4 is 17.3 Å². The van der Waals surface area contributed by atoms with Gasteiger partial charge in [-0.05, 0) is 30.7 Å². The van der Waals surface area contributed by atoms with Gasteiger partial charge in [0.15, 0.2) is 0 Å². The molecule has 22 heavy (non-hydrogen) atoms. The highest BCUT2D eigenvalue weighted by molar-refractivity contribution is 7.12. The molecule has 0 saturated carbocycles. The standard InChI is InChI=1S/C13H9FN4O3S/c1-6-4-7(2-3-8(6)14)9-5-22-13(15-9)18-12(21)16-10(17-18)11(19)20/h2-5H,1H3,(H,19,20)(H,16,17,21). The van der Waals surface area contributed by atoms with Crippen LogP contribution in [0.2, 0.25) is 0 Å². The molecule has 2 heterocycles. The van der Waals surface area contributed by atoms with Crippen LogP contribution in [0.4, 0.5) is 4.39 Å². The average molecular weight is 320 g/mol. The molecule has 0 unspecified atom stereocenters. The van der Waals surface area contributed by atoms with Crippen LogP contribution in [0.1, 0.15) is 16.2 Å². The lowest BCUT2D eigenvalue weighted by molar-refractivity contribution is 0.0683. The minimum atomic E-state index is -1.33. The second kappa shape index (κ2) is 5.19. The Morgan fingerprint density at radius 2 is 2.23 bits per heavy atom. The highest BCUT2D eigenvalue weighted by Gasteiger charge is 2.15. The lowest BCUT2D eigenvalue weighted by Gasteiger charge is -1.99. The Bertz CT molecular complexity index is 928. The van der Waals surface area contributed by atoms with E-state index in [0.29, 0.717) is 16.8 Å². The topological polar surface area (TPSA) is 101 Å². The van der Waals surface area contributed by atoms with Gasteiger partial charge in [0.2, 0.25) is 11.0 Å². The predicted molar refractivity (Wildman–Crippen MR) is 76.9 cm³/mol. The second-order valence-electron chi connectivity index (χ2n) is 4.47. The van der Waals surface area contributed by atoms with Gasteiger partial charge in [0.1, 0.15) is 5.82 Å². The van der Waals surface area contributed by atoms with Crippen LogP contribution in [0.3, 0.4) is 0 Å². The number of benzene rings is 1. The fourth-order valence-electron chi connectivity index (χ4n) is 1.85. The zero-order valence-corrected chi connectivity index (χ0v) is 12.0. The Hall–Kier alpha value is -2.81. The van der Waals surface area contributed by atoms with Gasteiger partial charge in [0.25, 0.3) is 0 Å². The van der Waals surface area contributed by atoms with Crippen molar-refractivity contribution in [2.45, 2.75) is 6.92 Å². The summed E-state index contributed by atoms with van der Waals surface area (Å²) in [6, 6.07) is 4.56. The number of aromatic nitrogens is 4. The zero-order chi connectivity index (χ0) is 15.9. The van der Waals surface area contributed by atoms with Gasteiger partial charge in [0, 0.05) is 10.9 Å². The molecule has 3 aromatic rings. The summed E-state index contributed by atoms with van der Waals surface area (Å²) in [4.78, 5) is 28.8. The molecule has 0 aliphatic heterocycles. The summed E-state index contributed by atoms with van der Waals surface area (Å²) < 4.78 is 14.2. The minimum absolute atomic E-state index is 0.228. The van der Waals surface area contributed by atoms with Crippen LogP contribution in [0, 0.1) is 12.7 Å². The molecular formula is C13H9FN4O3S. The summed E-state index contributed by atoms with van der Waals surface area (Å²) >= 11 is 1.13. The number of hydrogen-bond acceptors (Lipinski definition) is 5. The van der Waals surface area contributed by atoms with Crippen molar-refractivity contribution in [3.8, 4) is 16.4 Å². The molecule has 0 radical (unpaired) electrons. The van der Waals surface area contributed by atoms with Crippen LogP contribution in [0.5, 0.6) is 0 Å². The number of aromatic carboxylic acids is 1. The fraction of sp³-hybridized carbons (Fsp3) is 0.0769. The number of rotatable bonds is 3. The number of H-pyrrole nitrogens is 1. The summed E-state index contributed by atoms with van der Waals surface area (Å²) in [5.41, 5.74) is 1.05. The molecule has 2 aromatic heterocycles. The monoisotopic (exact) mass is 320 g/mol. The van der Waals surface area contributed by atoms with Gasteiger partial charge in [-0.2, -0.15) is 4.68 Å². The molecule has 1 aromatic carbocycles. The molecule has 0 bridgehead atoms. The highest BCUT2D eigenvalue weighted by atomic mass is 32.1. The van der Waals surface area contributed by atoms with Crippen LogP contribution in [-0.4, -0.2) is 30.8 Å². The molecule has 0 aliphatic rings. The third-order valence-electron chi connectivity index (χ3n) is 2.95. The normalized spacial score (nSPS) is 10.8. The van der Waals surface area contributed by atoms with Crippen molar-refractivity contribution in [1.29, 1.82) is 0 Å². The van der Waals surface area contributed by atoms with Crippen LogP contribution in [-0.2, 0) is 0 Å². The maximum atomic E-state index is 13.3. The molecule has 0 fully saturated rings. The number of aryl methyl sites for hydroxylation is 1. The predicted octanol–water partition coefficient (Wildman–Crippen LogP) is 1.83. The van der Waals surface area contributed by atoms with Crippen molar-refractivity contribution in [3.05, 3.63) is 51.3 Å². The van der Waals surface area contributed by atoms with Gasteiger partial charge in [-0.3, -0.25) is 4.98 Å². The van der Waals surface area contributed by atoms with Crippen molar-refractivity contribution in [2.24, 2.45) is 0 Å². The first-order valence-corrected chi connectivity index (χ1v) is 6.99. The van der Waals surface area contributed by atoms with Crippen LogP contribution >= 0.6 is 11.3 Å². The molecule has 0 aliphatic carbocycles. The lowest BCUT2D eigenvalue weighted by Crippen LogP contribution is -2.15. The molecule has 9 heteroatoms. The SMILES string of the molecule is Cc1cc(-c2csc(-n3nc(C(=O)O)[nH]c3=O)n2)ccc1F. The van der Waals surface area contributed by atoms with E-state index >= 15 is 0 Å². The number of nitrogens with zero attached hydrogens (tertiary/aromatic N) is 3. The third kappa shape index (κ3) is 2.42. The lowest BCUT2D eigenvalue weighted by atomic mass is 10.1. The van der Waals surface area contributed by atoms with E-state index in [1.165, 1.54) is 6.07 Å². The Morgan fingerprint density at radius 1 is 1.45 bits per heavy atom. The van der Waals surface area contributed by atoms with Crippen molar-refractivity contribution in [2.75, 3.05) is 0 Å². The number of carboxylic acids is 1. The van der Waals surface area contributed by atoms with E-state index in [2.05, 4.69) is 15.1 Å². The van der Waals surface area contributed by atoms with Gasteiger partial charge in [0.05, 0.1) is 5.69 Å². The van der Waals surface area contributed by atoms with Gasteiger partial charge >= 0.3 is 11.7 Å². The maximum absolute atomic E-state index is 13.3. The third-order valence-corrected chi connectivity index (χ3v) is 3.76. The molecule has 2 N–H and O–H groups in total. The summed E-state index contributed by atoms with van der Waals surface area (Å²) in [7, 11) is 0. The number of hydrogen-bond donors (Lipinski definition) is 2. The first kappa shape index (κ1) is 14.1. The van der Waals surface area contributed by atoms with E-state index in [1.54, 1.807) is 24.4 Å². The van der Waals surface area contributed by atoms with Gasteiger partial charge in [-0.1, -0.05) is 0 Å². The number of thiazole rings is 1. The van der Waals surface area contributed by atoms with Crippen molar-refractivity contribution in [1.82, 2.24) is 19.7 Å². The molecule has 0 amide bonds. The van der Waals surface area contributed by atoms with E-state index < -0.39 is 17.5 Å². The van der Waals surface area contributed by atoms with Crippen molar-refractivity contribution in [3.63, 3.8) is 0 Å². The summed E-state index contributed by atoms with van der Waals surface area (Å²) in [5.74, 6) is -2.10. The molecule has 112 valence electrons. The Balaban J connectivity index is 2.02. The van der Waals surface area contributed by atoms with E-state index in [4.69, 9.17) is 5.11 Å². The highest BCUT2D eigenvalue weighted by Crippen LogP contribution is 2.24. The smallest absolute Gasteiger partial charge is 0.373 e. The van der Waals surface area contributed by atoms with Crippen LogP contribution in [0.15, 0.2) is 28.4 Å². The minimum Gasteiger partial charge on any atom is -0.475 e. The molecule has 0 spiro atoms. The maximum Gasteiger partial charge on any atom is 0.373 e. The van der Waals surface area contributed by atoms with Gasteiger partial charge in [-0.25, -0.2) is 19.0 Å². The zero-order valence-electron chi connectivity index (χ0n) is 11.2. The van der Waals surface area contributed by atoms with E-state index in [0.717, 1.165) is 16.0 Å². The first-order chi connectivity index (χ1) is 10.5. The van der Waals surface area contributed by atoms with Crippen LogP contribution < -0.4 is 5.69 Å². The molecule has 0 saturated heterocycles. The summed E-state index contributed by atoms with van der Waals surface area (Å²) in [5, 5.41) is 14.4. The number of aromatic amines is 1. The van der Waals surface area contributed by atoms with E-state index in [-0.39, 0.29) is 10.9 Å². The van der Waals surface area contributed by atoms with Crippen LogP contribution in [0.25, 0.3) is 16.4 Å². The Labute approximate surface area is 126 Å². The van der Waals surface area contributed by atoms with E-state index in [9.17, 15) is 14.0 Å². The summed E-state index contributed by atoms with van der Waals surface area (Å²) in [6.45, 7) is 1.64. The Morgan fingerprint density at radius 3 is 2.86 bits per heavy atom. The number of halogens is 1. The Kier molecular flexibility index (Phi) is 3.33. The largest absolute Gasteiger partial charge is 0.475 e. The van der Waals surface area contributed by atoms with Gasteiger partial charge in [-0.15, -0.1) is 16.4 Å². The molecule has 0 atom stereocenters. The fourth-order valence-corrected chi connectivity index (χ4v) is 2.63. The van der Waals surface area contributed by atoms with E-state index in [1.807, 2.05) is 0 Å². The molecule has 7 nitrogen and oxygen atoms in total. The first-order valence-electron chi connectivity index (χ1n) is 6.11. The average Bonchev–Trinajstić information content (AvgIpc) is 3.08. The number of nitrogens with one attached hydrogen (secondary N) is 1. The molecule has 3 rings (SSSR count). The second-order valence-corrected chi connectivity index (χ2v) is 5.31. The van der Waals surface area contributed by atoms with Crippen molar-refractivity contribution < 1.29 is 14.3 Å². The quantitative estimate of drug-likeness (QED) is 0.766. The van der Waals surface area contributed by atoms with Gasteiger partial charge < -0.3 is 5.11 Å².